The molecule has 0 unspecified atom stereocenters. The van der Waals surface area contributed by atoms with Gasteiger partial charge in [0.1, 0.15) is 0 Å². The third-order valence-electron chi connectivity index (χ3n) is 8.83. The molecule has 3 heteroatoms. The van der Waals surface area contributed by atoms with E-state index in [2.05, 4.69) is 61.5 Å². The van der Waals surface area contributed by atoms with Crippen molar-refractivity contribution in [1.82, 2.24) is 0 Å². The van der Waals surface area contributed by atoms with Gasteiger partial charge in [0.05, 0.1) is 0 Å². The second-order valence-corrected chi connectivity index (χ2v) is 13.8. The largest absolute Gasteiger partial charge is 0.358 e. The van der Waals surface area contributed by atoms with Crippen LogP contribution in [0.5, 0.6) is 0 Å². The van der Waals surface area contributed by atoms with Crippen LogP contribution >= 0.6 is 7.14 Å². The van der Waals surface area contributed by atoms with Crippen LogP contribution in [0.2, 0.25) is 0 Å². The maximum atomic E-state index is 15.8. The first-order valence-electron chi connectivity index (χ1n) is 14.8. The molecule has 3 aromatic carbocycles. The van der Waals surface area contributed by atoms with Gasteiger partial charge in [-0.25, -0.2) is 0 Å². The summed E-state index contributed by atoms with van der Waals surface area (Å²) in [4.78, 5) is 0. The Labute approximate surface area is 263 Å². The van der Waals surface area contributed by atoms with E-state index in [1.165, 1.54) is 59.7 Å². The van der Waals surface area contributed by atoms with Crippen molar-refractivity contribution in [3.8, 4) is 0 Å². The van der Waals surface area contributed by atoms with Crippen molar-refractivity contribution >= 4 is 23.3 Å². The third-order valence-corrected chi connectivity index (χ3v) is 12.0. The van der Waals surface area contributed by atoms with Crippen LogP contribution in [0.3, 0.4) is 0 Å². The predicted molar refractivity (Wildman–Crippen MR) is 178 cm³/mol. The Morgan fingerprint density at radius 3 is 1.71 bits per heavy atom. The van der Waals surface area contributed by atoms with Crippen LogP contribution in [0.1, 0.15) is 57.4 Å². The fourth-order valence-electron chi connectivity index (χ4n) is 7.02. The normalized spacial score (nSPS) is 20.1. The molecule has 0 heterocycles. The number of hydrogen-bond donors (Lipinski definition) is 0. The van der Waals surface area contributed by atoms with Crippen molar-refractivity contribution in [2.45, 2.75) is 51.9 Å². The first kappa shape index (κ1) is 32.0. The summed E-state index contributed by atoms with van der Waals surface area (Å²) in [5.74, 6) is 0.391. The van der Waals surface area contributed by atoms with E-state index in [-0.39, 0.29) is 24.2 Å². The molecular weight excluding hydrogens is 574 g/mol. The van der Waals surface area contributed by atoms with Crippen LogP contribution in [0.4, 0.5) is 0 Å². The SMILES string of the molecule is C/C(=C1\C(P(=O)(c2ccccc2)c2ccccc2)=C2CCCCC2=C2CCC[C@@H]21)c1ccccc1.[CH3-].[CH]1C=CC=C1.[Co]. The predicted octanol–water partition coefficient (Wildman–Crippen LogP) is 10.2. The molecule has 0 bridgehead atoms. The quantitative estimate of drug-likeness (QED) is 0.211. The smallest absolute Gasteiger partial charge is 0.171 e. The molecule has 4 aliphatic carbocycles. The van der Waals surface area contributed by atoms with Crippen molar-refractivity contribution < 1.29 is 21.3 Å². The van der Waals surface area contributed by atoms with Gasteiger partial charge in [-0.3, -0.25) is 0 Å². The molecule has 2 fully saturated rings. The summed E-state index contributed by atoms with van der Waals surface area (Å²) in [6.07, 6.45) is 18.2. The topological polar surface area (TPSA) is 17.1 Å². The van der Waals surface area contributed by atoms with E-state index in [4.69, 9.17) is 0 Å². The van der Waals surface area contributed by atoms with Gasteiger partial charge in [0.15, 0.2) is 7.14 Å². The monoisotopic (exact) mass is 615 g/mol. The van der Waals surface area contributed by atoms with Gasteiger partial charge in [0.2, 0.25) is 0 Å². The van der Waals surface area contributed by atoms with Crippen molar-refractivity contribution in [2.24, 2.45) is 5.92 Å². The number of allylic oxidation sites excluding steroid dienone is 10. The van der Waals surface area contributed by atoms with Crippen LogP contribution in [0.25, 0.3) is 5.57 Å². The molecule has 0 saturated heterocycles. The van der Waals surface area contributed by atoms with Crippen molar-refractivity contribution in [2.75, 3.05) is 0 Å². The molecule has 2 saturated carbocycles. The molecule has 4 aliphatic rings. The number of benzene rings is 3. The van der Waals surface area contributed by atoms with E-state index in [0.29, 0.717) is 5.92 Å². The minimum atomic E-state index is -3.08. The molecular formula is C39H41CoOP-. The first-order valence-corrected chi connectivity index (χ1v) is 16.5. The van der Waals surface area contributed by atoms with Crippen molar-refractivity contribution in [3.05, 3.63) is 162 Å². The molecule has 0 aromatic heterocycles. The summed E-state index contributed by atoms with van der Waals surface area (Å²) in [5.41, 5.74) is 8.53. The number of fused-ring (bicyclic) bond motifs is 2. The van der Waals surface area contributed by atoms with E-state index in [1.807, 2.05) is 67.1 Å². The Morgan fingerprint density at radius 2 is 1.19 bits per heavy atom. The zero-order valence-corrected chi connectivity index (χ0v) is 26.7. The molecule has 0 N–H and O–H groups in total. The average Bonchev–Trinajstić information content (AvgIpc) is 3.77. The van der Waals surface area contributed by atoms with Crippen molar-refractivity contribution in [3.63, 3.8) is 0 Å². The Balaban J connectivity index is 0.000000526. The van der Waals surface area contributed by atoms with E-state index in [0.717, 1.165) is 23.5 Å². The zero-order valence-electron chi connectivity index (χ0n) is 24.8. The van der Waals surface area contributed by atoms with Crippen LogP contribution in [0.15, 0.2) is 143 Å². The van der Waals surface area contributed by atoms with Gasteiger partial charge in [-0.1, -0.05) is 121 Å². The van der Waals surface area contributed by atoms with Crippen LogP contribution in [-0.4, -0.2) is 0 Å². The van der Waals surface area contributed by atoms with Gasteiger partial charge in [0, 0.05) is 45.0 Å². The molecule has 0 aliphatic heterocycles. The van der Waals surface area contributed by atoms with Gasteiger partial charge in [-0.15, -0.1) is 0 Å². The summed E-state index contributed by atoms with van der Waals surface area (Å²) in [6, 6.07) is 31.4. The third kappa shape index (κ3) is 6.09. The summed E-state index contributed by atoms with van der Waals surface area (Å²) >= 11 is 0. The molecule has 1 nitrogen and oxygen atoms in total. The molecule has 1 atom stereocenters. The second-order valence-electron chi connectivity index (χ2n) is 11.1. The van der Waals surface area contributed by atoms with Crippen LogP contribution < -0.4 is 10.6 Å². The maximum absolute atomic E-state index is 15.8. The summed E-state index contributed by atoms with van der Waals surface area (Å²) in [5, 5.41) is 3.08. The van der Waals surface area contributed by atoms with Gasteiger partial charge in [-0.05, 0) is 79.7 Å². The van der Waals surface area contributed by atoms with E-state index >= 15 is 4.57 Å². The van der Waals surface area contributed by atoms with E-state index < -0.39 is 7.14 Å². The fourth-order valence-corrected chi connectivity index (χ4v) is 10.3. The van der Waals surface area contributed by atoms with Gasteiger partial charge < -0.3 is 12.0 Å². The summed E-state index contributed by atoms with van der Waals surface area (Å²) in [6.45, 7) is 2.27. The zero-order chi connectivity index (χ0) is 27.4. The summed E-state index contributed by atoms with van der Waals surface area (Å²) < 4.78 is 15.8. The summed E-state index contributed by atoms with van der Waals surface area (Å²) in [7, 11) is -3.08. The van der Waals surface area contributed by atoms with E-state index in [1.54, 1.807) is 11.1 Å². The van der Waals surface area contributed by atoms with E-state index in [9.17, 15) is 0 Å². The van der Waals surface area contributed by atoms with Crippen LogP contribution in [0, 0.1) is 19.8 Å². The molecule has 42 heavy (non-hydrogen) atoms. The number of hydrogen-bond acceptors (Lipinski definition) is 1. The Bertz CT molecular complexity index is 1500. The van der Waals surface area contributed by atoms with Gasteiger partial charge >= 0.3 is 0 Å². The maximum Gasteiger partial charge on any atom is 0.171 e. The molecule has 0 amide bonds. The minimum absolute atomic E-state index is 0. The molecule has 0 spiro atoms. The Kier molecular flexibility index (Phi) is 11.1. The van der Waals surface area contributed by atoms with Gasteiger partial charge in [-0.2, -0.15) is 0 Å². The molecule has 3 aromatic rings. The molecule has 7 rings (SSSR count). The fraction of sp³-hybridized carbons (Fsp3) is 0.231. The Morgan fingerprint density at radius 1 is 0.667 bits per heavy atom. The van der Waals surface area contributed by atoms with Crippen LogP contribution in [-0.2, 0) is 21.3 Å². The van der Waals surface area contributed by atoms with Gasteiger partial charge in [0.25, 0.3) is 0 Å². The minimum Gasteiger partial charge on any atom is -0.358 e. The molecule has 218 valence electrons. The second kappa shape index (κ2) is 14.5. The van der Waals surface area contributed by atoms with Crippen molar-refractivity contribution in [1.29, 1.82) is 0 Å². The standard InChI is InChI=1S/C33H33OP.C5H5.CH3.Co/c1-24(25-14-5-2-6-15-25)32-30-23-13-22-28(30)29-20-11-12-21-31(29)33(32)35(34,26-16-7-3-8-17-26)27-18-9-4-10-19-27;1-2-4-5-3-1;;/h2-10,14-19,30H,11-13,20-23H2,1H3;1-5H;1H3;/q;;-1;/b32-24+;;;/t30-;;;/m0.../s1. The number of rotatable bonds is 4. The Hall–Kier alpha value is -2.90. The molecule has 2 radical (unpaired) electrons. The first-order chi connectivity index (χ1) is 19.7. The average molecular weight is 616 g/mol.